The van der Waals surface area contributed by atoms with Gasteiger partial charge in [-0.1, -0.05) is 25.1 Å². The van der Waals surface area contributed by atoms with Gasteiger partial charge >= 0.3 is 0 Å². The van der Waals surface area contributed by atoms with E-state index in [1.54, 1.807) is 13.2 Å². The molecular weight excluding hydrogens is 382 g/mol. The molecule has 0 bridgehead atoms. The molecule has 1 fully saturated rings. The third-order valence-electron chi connectivity index (χ3n) is 5.86. The normalized spacial score (nSPS) is 16.2. The molecule has 0 aliphatic carbocycles. The molecule has 3 aromatic rings. The summed E-state index contributed by atoms with van der Waals surface area (Å²) < 4.78 is 8.59. The Morgan fingerprint density at radius 3 is 2.77 bits per heavy atom. The van der Waals surface area contributed by atoms with Gasteiger partial charge in [-0.25, -0.2) is 4.68 Å². The van der Waals surface area contributed by atoms with Crippen LogP contribution in [-0.2, 0) is 16.6 Å². The summed E-state index contributed by atoms with van der Waals surface area (Å²) in [6.07, 6.45) is 3.19. The van der Waals surface area contributed by atoms with Crippen molar-refractivity contribution in [1.82, 2.24) is 24.6 Å². The van der Waals surface area contributed by atoms with Crippen molar-refractivity contribution in [1.29, 1.82) is 0 Å². The fourth-order valence-electron chi connectivity index (χ4n) is 4.25. The zero-order valence-corrected chi connectivity index (χ0v) is 17.6. The SMILES string of the molecule is CCC(C(=O)NCCCN1CCOCC1)n1c2ccccc2c2cnn(C)c(=O)c21. The number of hydrogen-bond donors (Lipinski definition) is 1. The lowest BCUT2D eigenvalue weighted by molar-refractivity contribution is -0.124. The predicted octanol–water partition coefficient (Wildman–Crippen LogP) is 1.68. The van der Waals surface area contributed by atoms with Gasteiger partial charge < -0.3 is 14.6 Å². The third kappa shape index (κ3) is 3.85. The van der Waals surface area contributed by atoms with Crippen LogP contribution in [0.2, 0.25) is 0 Å². The number of ether oxygens (including phenoxy) is 1. The Morgan fingerprint density at radius 1 is 1.23 bits per heavy atom. The minimum atomic E-state index is -0.453. The highest BCUT2D eigenvalue weighted by Gasteiger charge is 2.25. The maximum Gasteiger partial charge on any atom is 0.291 e. The molecule has 1 atom stereocenters. The first-order valence-corrected chi connectivity index (χ1v) is 10.6. The Bertz CT molecular complexity index is 1100. The van der Waals surface area contributed by atoms with Gasteiger partial charge in [-0.05, 0) is 25.5 Å². The number of nitrogens with one attached hydrogen (secondary N) is 1. The standard InChI is InChI=1S/C22H29N5O3/c1-3-18(21(28)23-9-6-10-26-11-13-30-14-12-26)27-19-8-5-4-7-16(19)17-15-24-25(2)22(29)20(17)27/h4-5,7-8,15,18H,3,6,9-14H2,1-2H3,(H,23,28). The molecule has 2 aromatic heterocycles. The number of fused-ring (bicyclic) bond motifs is 3. The fourth-order valence-corrected chi connectivity index (χ4v) is 4.25. The highest BCUT2D eigenvalue weighted by atomic mass is 16.5. The van der Waals surface area contributed by atoms with E-state index in [-0.39, 0.29) is 11.5 Å². The summed E-state index contributed by atoms with van der Waals surface area (Å²) in [6.45, 7) is 6.99. The second-order valence-corrected chi connectivity index (χ2v) is 7.75. The van der Waals surface area contributed by atoms with Crippen LogP contribution in [0, 0.1) is 0 Å². The molecule has 1 unspecified atom stereocenters. The zero-order chi connectivity index (χ0) is 21.1. The Kier molecular flexibility index (Phi) is 6.15. The van der Waals surface area contributed by atoms with Crippen LogP contribution >= 0.6 is 0 Å². The van der Waals surface area contributed by atoms with E-state index in [9.17, 15) is 9.59 Å². The van der Waals surface area contributed by atoms with E-state index in [0.717, 1.165) is 55.6 Å². The van der Waals surface area contributed by atoms with Crippen LogP contribution in [0.25, 0.3) is 21.8 Å². The largest absolute Gasteiger partial charge is 0.379 e. The molecule has 3 heterocycles. The van der Waals surface area contributed by atoms with Gasteiger partial charge in [0.25, 0.3) is 5.56 Å². The number of nitrogens with zero attached hydrogens (tertiary/aromatic N) is 4. The van der Waals surface area contributed by atoms with Crippen molar-refractivity contribution in [2.75, 3.05) is 39.4 Å². The number of carbonyl (C=O) groups is 1. The van der Waals surface area contributed by atoms with E-state index in [2.05, 4.69) is 15.3 Å². The summed E-state index contributed by atoms with van der Waals surface area (Å²) in [6, 6.07) is 7.36. The first kappa shape index (κ1) is 20.6. The van der Waals surface area contributed by atoms with Crippen LogP contribution < -0.4 is 10.9 Å². The molecule has 0 spiro atoms. The molecule has 1 N–H and O–H groups in total. The fraction of sp³-hybridized carbons (Fsp3) is 0.500. The maximum absolute atomic E-state index is 13.1. The Hall–Kier alpha value is -2.71. The second kappa shape index (κ2) is 8.97. The van der Waals surface area contributed by atoms with E-state index in [1.807, 2.05) is 35.8 Å². The van der Waals surface area contributed by atoms with Crippen LogP contribution in [0.3, 0.4) is 0 Å². The van der Waals surface area contributed by atoms with Gasteiger partial charge in [0.15, 0.2) is 0 Å². The molecule has 1 amide bonds. The number of benzene rings is 1. The molecule has 30 heavy (non-hydrogen) atoms. The summed E-state index contributed by atoms with van der Waals surface area (Å²) >= 11 is 0. The summed E-state index contributed by atoms with van der Waals surface area (Å²) in [7, 11) is 1.64. The lowest BCUT2D eigenvalue weighted by Gasteiger charge is -2.26. The Morgan fingerprint density at radius 2 is 2.00 bits per heavy atom. The van der Waals surface area contributed by atoms with Gasteiger partial charge in [0.1, 0.15) is 11.6 Å². The van der Waals surface area contributed by atoms with Crippen molar-refractivity contribution in [2.24, 2.45) is 7.05 Å². The Labute approximate surface area is 175 Å². The maximum atomic E-state index is 13.1. The zero-order valence-electron chi connectivity index (χ0n) is 17.6. The van der Waals surface area contributed by atoms with Crippen LogP contribution in [-0.4, -0.2) is 64.5 Å². The van der Waals surface area contributed by atoms with Crippen LogP contribution in [0.15, 0.2) is 35.3 Å². The number of aromatic nitrogens is 3. The molecule has 0 radical (unpaired) electrons. The molecule has 1 saturated heterocycles. The smallest absolute Gasteiger partial charge is 0.291 e. The molecule has 160 valence electrons. The summed E-state index contributed by atoms with van der Waals surface area (Å²) in [5.41, 5.74) is 1.22. The average Bonchev–Trinajstić information content (AvgIpc) is 3.10. The molecule has 1 aliphatic heterocycles. The Balaban J connectivity index is 1.58. The number of rotatable bonds is 7. The monoisotopic (exact) mass is 411 g/mol. The molecular formula is C22H29N5O3. The number of morpholine rings is 1. The van der Waals surface area contributed by atoms with Crippen molar-refractivity contribution in [3.05, 3.63) is 40.8 Å². The number of amides is 1. The van der Waals surface area contributed by atoms with E-state index < -0.39 is 6.04 Å². The molecule has 8 heteroatoms. The van der Waals surface area contributed by atoms with Crippen LogP contribution in [0.4, 0.5) is 0 Å². The molecule has 1 aromatic carbocycles. The van der Waals surface area contributed by atoms with E-state index in [4.69, 9.17) is 4.74 Å². The molecule has 1 aliphatic rings. The van der Waals surface area contributed by atoms with Crippen molar-refractivity contribution >= 4 is 27.7 Å². The number of hydrogen-bond acceptors (Lipinski definition) is 5. The molecule has 0 saturated carbocycles. The van der Waals surface area contributed by atoms with Crippen LogP contribution in [0.5, 0.6) is 0 Å². The van der Waals surface area contributed by atoms with Gasteiger partial charge in [0.2, 0.25) is 5.91 Å². The lowest BCUT2D eigenvalue weighted by atomic mass is 10.2. The number of para-hydroxylation sites is 1. The van der Waals surface area contributed by atoms with Gasteiger partial charge in [0.05, 0.1) is 24.9 Å². The first-order valence-electron chi connectivity index (χ1n) is 10.6. The highest BCUT2D eigenvalue weighted by Crippen LogP contribution is 2.30. The van der Waals surface area contributed by atoms with E-state index in [0.29, 0.717) is 18.5 Å². The lowest BCUT2D eigenvalue weighted by Crippen LogP contribution is -2.39. The van der Waals surface area contributed by atoms with Crippen LogP contribution in [0.1, 0.15) is 25.8 Å². The third-order valence-corrected chi connectivity index (χ3v) is 5.86. The second-order valence-electron chi connectivity index (χ2n) is 7.75. The minimum Gasteiger partial charge on any atom is -0.379 e. The molecule has 4 rings (SSSR count). The predicted molar refractivity (Wildman–Crippen MR) is 117 cm³/mol. The van der Waals surface area contributed by atoms with Crippen molar-refractivity contribution in [2.45, 2.75) is 25.8 Å². The van der Waals surface area contributed by atoms with Gasteiger partial charge in [0, 0.05) is 37.5 Å². The summed E-state index contributed by atoms with van der Waals surface area (Å²) in [5.74, 6) is -0.0546. The van der Waals surface area contributed by atoms with Gasteiger partial charge in [-0.15, -0.1) is 0 Å². The summed E-state index contributed by atoms with van der Waals surface area (Å²) in [5, 5.41) is 8.99. The highest BCUT2D eigenvalue weighted by molar-refractivity contribution is 6.08. The van der Waals surface area contributed by atoms with E-state index >= 15 is 0 Å². The first-order chi connectivity index (χ1) is 14.6. The topological polar surface area (TPSA) is 81.4 Å². The van der Waals surface area contributed by atoms with Crippen molar-refractivity contribution in [3.8, 4) is 0 Å². The quantitative estimate of drug-likeness (QED) is 0.598. The van der Waals surface area contributed by atoms with Crippen molar-refractivity contribution < 1.29 is 9.53 Å². The number of aryl methyl sites for hydroxylation is 1. The van der Waals surface area contributed by atoms with Gasteiger partial charge in [-0.2, -0.15) is 5.10 Å². The number of carbonyl (C=O) groups excluding carboxylic acids is 1. The van der Waals surface area contributed by atoms with Gasteiger partial charge in [-0.3, -0.25) is 14.5 Å². The van der Waals surface area contributed by atoms with Crippen molar-refractivity contribution in [3.63, 3.8) is 0 Å². The minimum absolute atomic E-state index is 0.0546. The summed E-state index contributed by atoms with van der Waals surface area (Å²) in [4.78, 5) is 28.4. The molecule has 8 nitrogen and oxygen atoms in total. The average molecular weight is 412 g/mol. The van der Waals surface area contributed by atoms with E-state index in [1.165, 1.54) is 4.68 Å².